The largest absolute Gasteiger partial charge is 0.310 e. The molecule has 14 rings (SSSR count). The normalized spacial score (nSPS) is 12.6. The van der Waals surface area contributed by atoms with E-state index < -0.39 is 5.41 Å². The van der Waals surface area contributed by atoms with E-state index in [0.717, 1.165) is 22.6 Å². The second-order valence-electron chi connectivity index (χ2n) is 19.1. The molecule has 0 saturated carbocycles. The highest BCUT2D eigenvalue weighted by molar-refractivity contribution is 6.22. The molecule has 0 atom stereocenters. The number of nitrogens with zero attached hydrogens (tertiary/aromatic N) is 1. The molecule has 0 unspecified atom stereocenters. The van der Waals surface area contributed by atoms with Gasteiger partial charge in [0.25, 0.3) is 0 Å². The lowest BCUT2D eigenvalue weighted by Gasteiger charge is -2.34. The van der Waals surface area contributed by atoms with E-state index in [1.807, 2.05) is 0 Å². The average molecular weight is 914 g/mol. The predicted octanol–water partition coefficient (Wildman–Crippen LogP) is 19.1. The average Bonchev–Trinajstić information content (AvgIpc) is 3.76. The zero-order chi connectivity index (χ0) is 47.6. The first kappa shape index (κ1) is 41.7. The van der Waals surface area contributed by atoms with Gasteiger partial charge in [-0.1, -0.05) is 243 Å². The molecule has 0 spiro atoms. The summed E-state index contributed by atoms with van der Waals surface area (Å²) >= 11 is 0. The molecule has 336 valence electrons. The molecule has 0 bridgehead atoms. The van der Waals surface area contributed by atoms with Gasteiger partial charge in [-0.05, 0) is 152 Å². The zero-order valence-corrected chi connectivity index (χ0v) is 39.6. The molecule has 0 amide bonds. The van der Waals surface area contributed by atoms with E-state index >= 15 is 0 Å². The minimum absolute atomic E-state index is 0.484. The van der Waals surface area contributed by atoms with Gasteiger partial charge in [0.1, 0.15) is 0 Å². The van der Waals surface area contributed by atoms with Gasteiger partial charge in [-0.15, -0.1) is 0 Å². The van der Waals surface area contributed by atoms with Crippen LogP contribution in [0.2, 0.25) is 0 Å². The van der Waals surface area contributed by atoms with E-state index in [4.69, 9.17) is 0 Å². The highest BCUT2D eigenvalue weighted by Crippen LogP contribution is 2.57. The summed E-state index contributed by atoms with van der Waals surface area (Å²) in [5, 5.41) is 9.94. The second kappa shape index (κ2) is 17.0. The van der Waals surface area contributed by atoms with Gasteiger partial charge in [-0.2, -0.15) is 0 Å². The Morgan fingerprint density at radius 3 is 1.46 bits per heavy atom. The van der Waals surface area contributed by atoms with Gasteiger partial charge in [-0.25, -0.2) is 0 Å². The molecular weight excluding hydrogens is 867 g/mol. The minimum Gasteiger partial charge on any atom is -0.310 e. The lowest BCUT2D eigenvalue weighted by atomic mass is 9.68. The van der Waals surface area contributed by atoms with Gasteiger partial charge in [0.15, 0.2) is 0 Å². The van der Waals surface area contributed by atoms with Crippen LogP contribution >= 0.6 is 0 Å². The van der Waals surface area contributed by atoms with Crippen molar-refractivity contribution in [3.63, 3.8) is 0 Å². The molecule has 0 heterocycles. The van der Waals surface area contributed by atoms with Gasteiger partial charge >= 0.3 is 0 Å². The molecule has 72 heavy (non-hydrogen) atoms. The third-order valence-electron chi connectivity index (χ3n) is 15.3. The van der Waals surface area contributed by atoms with Crippen LogP contribution in [-0.4, -0.2) is 0 Å². The number of hydrogen-bond acceptors (Lipinski definition) is 1. The Kier molecular flexibility index (Phi) is 9.82. The smallest absolute Gasteiger partial charge is 0.0713 e. The SMILES string of the molecule is c1ccc(-c2c(-c3ccccc3)c3cc(-c4cccc(N(c5ccc6c(c5)-c5ccccc5C6(c5ccccc5)c5ccccc5)c5ccc6c(ccc7ccccc76)c5)c4)ccc3c3ccccc23)cc1. The Bertz CT molecular complexity index is 4160. The zero-order valence-electron chi connectivity index (χ0n) is 39.6. The summed E-state index contributed by atoms with van der Waals surface area (Å²) in [5.74, 6) is 0. The molecule has 0 fully saturated rings. The van der Waals surface area contributed by atoms with E-state index in [9.17, 15) is 0 Å². The molecule has 1 heteroatoms. The number of rotatable bonds is 8. The topological polar surface area (TPSA) is 3.24 Å². The molecule has 1 aliphatic rings. The van der Waals surface area contributed by atoms with E-state index in [0.29, 0.717) is 0 Å². The van der Waals surface area contributed by atoms with Gasteiger partial charge in [0.05, 0.1) is 5.41 Å². The first-order chi connectivity index (χ1) is 35.7. The van der Waals surface area contributed by atoms with Crippen LogP contribution in [0.1, 0.15) is 22.3 Å². The Morgan fingerprint density at radius 1 is 0.236 bits per heavy atom. The first-order valence-electron chi connectivity index (χ1n) is 25.0. The maximum absolute atomic E-state index is 2.46. The van der Waals surface area contributed by atoms with Crippen LogP contribution in [0.5, 0.6) is 0 Å². The van der Waals surface area contributed by atoms with Gasteiger partial charge in [-0.3, -0.25) is 0 Å². The van der Waals surface area contributed by atoms with Crippen LogP contribution in [0.3, 0.4) is 0 Å². The van der Waals surface area contributed by atoms with Crippen molar-refractivity contribution in [2.45, 2.75) is 5.41 Å². The number of anilines is 3. The summed E-state index contributed by atoms with van der Waals surface area (Å²) in [5.41, 5.74) is 17.6. The maximum Gasteiger partial charge on any atom is 0.0713 e. The molecule has 0 radical (unpaired) electrons. The molecule has 0 saturated heterocycles. The van der Waals surface area contributed by atoms with Crippen LogP contribution in [-0.2, 0) is 5.41 Å². The first-order valence-corrected chi connectivity index (χ1v) is 25.0. The molecule has 0 aromatic heterocycles. The van der Waals surface area contributed by atoms with Crippen LogP contribution in [0.25, 0.3) is 87.6 Å². The number of benzene rings is 13. The maximum atomic E-state index is 2.46. The van der Waals surface area contributed by atoms with Crippen molar-refractivity contribution in [1.29, 1.82) is 0 Å². The fourth-order valence-electron chi connectivity index (χ4n) is 12.2. The van der Waals surface area contributed by atoms with Crippen molar-refractivity contribution in [2.24, 2.45) is 0 Å². The standard InChI is InChI=1S/C71H47N/c1-5-21-49(22-6-1)69-64-34-16-15-32-61(64)62-41-38-52(46-66(62)70(69)50-23-7-2-8-24-50)51-25-19-30-56(44-51)72(57-39-42-60-53(45-57)37-36-48-20-13-14-31-59(48)60)58-40-43-68-65(47-58)63-33-17-18-35-67(63)71(68,54-26-9-3-10-27-54)55-28-11-4-12-29-55/h1-47H. The van der Waals surface area contributed by atoms with Crippen molar-refractivity contribution in [1.82, 2.24) is 0 Å². The molecule has 0 aliphatic heterocycles. The third kappa shape index (κ3) is 6.55. The predicted molar refractivity (Wildman–Crippen MR) is 305 cm³/mol. The molecule has 0 N–H and O–H groups in total. The van der Waals surface area contributed by atoms with Crippen molar-refractivity contribution >= 4 is 60.2 Å². The highest BCUT2D eigenvalue weighted by atomic mass is 15.1. The number of hydrogen-bond donors (Lipinski definition) is 0. The lowest BCUT2D eigenvalue weighted by molar-refractivity contribution is 0.768. The van der Waals surface area contributed by atoms with Crippen molar-refractivity contribution in [3.05, 3.63) is 307 Å². The fraction of sp³-hybridized carbons (Fsp3) is 0.0141. The summed E-state index contributed by atoms with van der Waals surface area (Å²) in [4.78, 5) is 2.46. The Labute approximate surface area is 420 Å². The molecule has 13 aromatic rings. The fourth-order valence-corrected chi connectivity index (χ4v) is 12.2. The Morgan fingerprint density at radius 2 is 0.722 bits per heavy atom. The van der Waals surface area contributed by atoms with Gasteiger partial charge < -0.3 is 4.90 Å². The summed E-state index contributed by atoms with van der Waals surface area (Å²) in [7, 11) is 0. The Balaban J connectivity index is 0.990. The quantitative estimate of drug-likeness (QED) is 0.137. The van der Waals surface area contributed by atoms with Gasteiger partial charge in [0, 0.05) is 17.1 Å². The summed E-state index contributed by atoms with van der Waals surface area (Å²) < 4.78 is 0. The summed E-state index contributed by atoms with van der Waals surface area (Å²) in [6.07, 6.45) is 0. The van der Waals surface area contributed by atoms with E-state index in [-0.39, 0.29) is 0 Å². The molecule has 13 aromatic carbocycles. The molecular formula is C71H47N. The number of fused-ring (bicyclic) bond motifs is 9. The lowest BCUT2D eigenvalue weighted by Crippen LogP contribution is -2.28. The van der Waals surface area contributed by atoms with Crippen molar-refractivity contribution in [3.8, 4) is 44.5 Å². The third-order valence-corrected chi connectivity index (χ3v) is 15.3. The molecule has 1 aliphatic carbocycles. The Hall–Kier alpha value is -9.30. The van der Waals surface area contributed by atoms with Crippen molar-refractivity contribution in [2.75, 3.05) is 4.90 Å². The van der Waals surface area contributed by atoms with Gasteiger partial charge in [0.2, 0.25) is 0 Å². The second-order valence-corrected chi connectivity index (χ2v) is 19.1. The molecule has 1 nitrogen and oxygen atoms in total. The van der Waals surface area contributed by atoms with Crippen molar-refractivity contribution < 1.29 is 0 Å². The van der Waals surface area contributed by atoms with E-state index in [2.05, 4.69) is 290 Å². The van der Waals surface area contributed by atoms with Crippen LogP contribution < -0.4 is 4.90 Å². The van der Waals surface area contributed by atoms with Crippen LogP contribution in [0.15, 0.2) is 285 Å². The summed E-state index contributed by atoms with van der Waals surface area (Å²) in [6, 6.07) is 106. The highest BCUT2D eigenvalue weighted by Gasteiger charge is 2.46. The van der Waals surface area contributed by atoms with E-state index in [1.165, 1.54) is 104 Å². The van der Waals surface area contributed by atoms with E-state index in [1.54, 1.807) is 0 Å². The van der Waals surface area contributed by atoms with Crippen LogP contribution in [0, 0.1) is 0 Å². The van der Waals surface area contributed by atoms with Crippen LogP contribution in [0.4, 0.5) is 17.1 Å². The minimum atomic E-state index is -0.484. The summed E-state index contributed by atoms with van der Waals surface area (Å²) in [6.45, 7) is 0. The monoisotopic (exact) mass is 913 g/mol.